The fourth-order valence-electron chi connectivity index (χ4n) is 2.52. The van der Waals surface area contributed by atoms with Crippen LogP contribution in [0.1, 0.15) is 49.0 Å². The minimum absolute atomic E-state index is 0.486. The number of aldehydes is 1. The Labute approximate surface area is 149 Å². The molecule has 0 bridgehead atoms. The lowest BCUT2D eigenvalue weighted by Crippen LogP contribution is -2.02. The zero-order chi connectivity index (χ0) is 18.1. The van der Waals surface area contributed by atoms with Crippen molar-refractivity contribution in [3.63, 3.8) is 0 Å². The minimum atomic E-state index is 0.486. The summed E-state index contributed by atoms with van der Waals surface area (Å²) < 4.78 is 17.4. The standard InChI is InChI=1S/C21H26O4/c1-4-6-7-11-24-21-19(23-3)13-17(15-22)14-20(21)25-18-10-8-9-16(5-2)12-18/h8-10,12-15H,4-7,11H2,1-3H3. The monoisotopic (exact) mass is 342 g/mol. The van der Waals surface area contributed by atoms with Crippen LogP contribution in [0.5, 0.6) is 23.0 Å². The normalized spacial score (nSPS) is 10.4. The predicted octanol–water partition coefficient (Wildman–Crippen LogP) is 5.43. The van der Waals surface area contributed by atoms with Crippen molar-refractivity contribution < 1.29 is 19.0 Å². The Bertz CT molecular complexity index is 694. The molecule has 0 aliphatic carbocycles. The van der Waals surface area contributed by atoms with E-state index in [1.54, 1.807) is 19.2 Å². The fraction of sp³-hybridized carbons (Fsp3) is 0.381. The molecule has 0 unspecified atom stereocenters. The maximum atomic E-state index is 11.2. The number of carbonyl (C=O) groups excluding carboxylic acids is 1. The number of hydrogen-bond acceptors (Lipinski definition) is 4. The first-order chi connectivity index (χ1) is 12.2. The maximum absolute atomic E-state index is 11.2. The number of hydrogen-bond donors (Lipinski definition) is 0. The van der Waals surface area contributed by atoms with Gasteiger partial charge in [-0.2, -0.15) is 0 Å². The number of methoxy groups -OCH3 is 1. The van der Waals surface area contributed by atoms with E-state index in [1.165, 1.54) is 5.56 Å². The Morgan fingerprint density at radius 3 is 2.52 bits per heavy atom. The van der Waals surface area contributed by atoms with Gasteiger partial charge in [-0.1, -0.05) is 38.8 Å². The van der Waals surface area contributed by atoms with Gasteiger partial charge in [-0.05, 0) is 42.7 Å². The molecule has 0 aromatic heterocycles. The highest BCUT2D eigenvalue weighted by Gasteiger charge is 2.16. The topological polar surface area (TPSA) is 44.8 Å². The third-order valence-corrected chi connectivity index (χ3v) is 3.93. The molecule has 0 saturated carbocycles. The van der Waals surface area contributed by atoms with Crippen LogP contribution in [0.2, 0.25) is 0 Å². The molecule has 25 heavy (non-hydrogen) atoms. The van der Waals surface area contributed by atoms with Gasteiger partial charge in [0.1, 0.15) is 12.0 Å². The zero-order valence-corrected chi connectivity index (χ0v) is 15.2. The fourth-order valence-corrected chi connectivity index (χ4v) is 2.52. The van der Waals surface area contributed by atoms with Crippen LogP contribution in [0, 0.1) is 0 Å². The van der Waals surface area contributed by atoms with Crippen LogP contribution in [0.3, 0.4) is 0 Å². The van der Waals surface area contributed by atoms with Gasteiger partial charge < -0.3 is 14.2 Å². The molecule has 0 N–H and O–H groups in total. The number of aryl methyl sites for hydroxylation is 1. The van der Waals surface area contributed by atoms with Crippen molar-refractivity contribution in [3.05, 3.63) is 47.5 Å². The third kappa shape index (κ3) is 5.24. The third-order valence-electron chi connectivity index (χ3n) is 3.93. The quantitative estimate of drug-likeness (QED) is 0.426. The van der Waals surface area contributed by atoms with E-state index in [0.717, 1.165) is 32.0 Å². The van der Waals surface area contributed by atoms with Gasteiger partial charge in [-0.15, -0.1) is 0 Å². The maximum Gasteiger partial charge on any atom is 0.204 e. The highest BCUT2D eigenvalue weighted by Crippen LogP contribution is 2.41. The molecular formula is C21H26O4. The largest absolute Gasteiger partial charge is 0.493 e. The molecular weight excluding hydrogens is 316 g/mol. The summed E-state index contributed by atoms with van der Waals surface area (Å²) in [5, 5.41) is 0. The average Bonchev–Trinajstić information content (AvgIpc) is 2.65. The predicted molar refractivity (Wildman–Crippen MR) is 99.3 cm³/mol. The molecule has 0 aliphatic rings. The van der Waals surface area contributed by atoms with Crippen molar-refractivity contribution in [3.8, 4) is 23.0 Å². The number of carbonyl (C=O) groups is 1. The van der Waals surface area contributed by atoms with E-state index in [0.29, 0.717) is 35.2 Å². The number of benzene rings is 2. The summed E-state index contributed by atoms with van der Waals surface area (Å²) in [5.74, 6) is 2.24. The zero-order valence-electron chi connectivity index (χ0n) is 15.2. The molecule has 0 heterocycles. The van der Waals surface area contributed by atoms with Gasteiger partial charge in [-0.3, -0.25) is 4.79 Å². The molecule has 2 aromatic rings. The van der Waals surface area contributed by atoms with E-state index in [2.05, 4.69) is 19.9 Å². The Morgan fingerprint density at radius 2 is 1.84 bits per heavy atom. The summed E-state index contributed by atoms with van der Waals surface area (Å²) in [6, 6.07) is 11.2. The Hall–Kier alpha value is -2.49. The van der Waals surface area contributed by atoms with Gasteiger partial charge in [0, 0.05) is 5.56 Å². The molecule has 0 amide bonds. The summed E-state index contributed by atoms with van der Waals surface area (Å²) in [5.41, 5.74) is 1.67. The SMILES string of the molecule is CCCCCOc1c(OC)cc(C=O)cc1Oc1cccc(CC)c1. The van der Waals surface area contributed by atoms with Crippen molar-refractivity contribution >= 4 is 6.29 Å². The second-order valence-corrected chi connectivity index (χ2v) is 5.83. The number of rotatable bonds is 10. The van der Waals surface area contributed by atoms with Crippen LogP contribution in [-0.4, -0.2) is 20.0 Å². The summed E-state index contributed by atoms with van der Waals surface area (Å²) in [6.45, 7) is 4.82. The molecule has 0 fully saturated rings. The van der Waals surface area contributed by atoms with Crippen molar-refractivity contribution in [2.75, 3.05) is 13.7 Å². The second-order valence-electron chi connectivity index (χ2n) is 5.83. The van der Waals surface area contributed by atoms with Gasteiger partial charge in [0.15, 0.2) is 11.5 Å². The summed E-state index contributed by atoms with van der Waals surface area (Å²) in [7, 11) is 1.56. The lowest BCUT2D eigenvalue weighted by molar-refractivity contribution is 0.112. The first-order valence-corrected chi connectivity index (χ1v) is 8.78. The van der Waals surface area contributed by atoms with E-state index in [4.69, 9.17) is 14.2 Å². The Morgan fingerprint density at radius 1 is 1.04 bits per heavy atom. The lowest BCUT2D eigenvalue weighted by Gasteiger charge is -2.16. The van der Waals surface area contributed by atoms with Gasteiger partial charge >= 0.3 is 0 Å². The van der Waals surface area contributed by atoms with Gasteiger partial charge in [0.25, 0.3) is 0 Å². The smallest absolute Gasteiger partial charge is 0.204 e. The molecule has 4 nitrogen and oxygen atoms in total. The Kier molecular flexibility index (Phi) is 7.33. The van der Waals surface area contributed by atoms with Gasteiger partial charge in [0.05, 0.1) is 13.7 Å². The molecule has 0 atom stereocenters. The van der Waals surface area contributed by atoms with E-state index < -0.39 is 0 Å². The van der Waals surface area contributed by atoms with Crippen molar-refractivity contribution in [2.45, 2.75) is 39.5 Å². The van der Waals surface area contributed by atoms with Crippen LogP contribution in [0.25, 0.3) is 0 Å². The van der Waals surface area contributed by atoms with E-state index in [1.807, 2.05) is 18.2 Å². The average molecular weight is 342 g/mol. The van der Waals surface area contributed by atoms with Crippen LogP contribution in [-0.2, 0) is 6.42 Å². The van der Waals surface area contributed by atoms with Crippen LogP contribution < -0.4 is 14.2 Å². The summed E-state index contributed by atoms with van der Waals surface area (Å²) in [6.07, 6.45) is 4.88. The van der Waals surface area contributed by atoms with Crippen LogP contribution in [0.15, 0.2) is 36.4 Å². The minimum Gasteiger partial charge on any atom is -0.493 e. The number of ether oxygens (including phenoxy) is 3. The van der Waals surface area contributed by atoms with Crippen molar-refractivity contribution in [2.24, 2.45) is 0 Å². The molecule has 2 rings (SSSR count). The highest BCUT2D eigenvalue weighted by molar-refractivity contribution is 5.78. The highest BCUT2D eigenvalue weighted by atomic mass is 16.5. The second kappa shape index (κ2) is 9.72. The molecule has 0 saturated heterocycles. The first-order valence-electron chi connectivity index (χ1n) is 8.78. The van der Waals surface area contributed by atoms with E-state index in [-0.39, 0.29) is 0 Å². The molecule has 0 spiro atoms. The van der Waals surface area contributed by atoms with Crippen molar-refractivity contribution in [1.82, 2.24) is 0 Å². The molecule has 4 heteroatoms. The van der Waals surface area contributed by atoms with E-state index in [9.17, 15) is 4.79 Å². The van der Waals surface area contributed by atoms with Gasteiger partial charge in [-0.25, -0.2) is 0 Å². The van der Waals surface area contributed by atoms with Crippen LogP contribution in [0.4, 0.5) is 0 Å². The lowest BCUT2D eigenvalue weighted by atomic mass is 10.1. The van der Waals surface area contributed by atoms with Gasteiger partial charge in [0.2, 0.25) is 5.75 Å². The summed E-state index contributed by atoms with van der Waals surface area (Å²) in [4.78, 5) is 11.2. The molecule has 0 aliphatic heterocycles. The number of unbranched alkanes of at least 4 members (excludes halogenated alkanes) is 2. The molecule has 134 valence electrons. The Balaban J connectivity index is 2.32. The van der Waals surface area contributed by atoms with E-state index >= 15 is 0 Å². The molecule has 0 radical (unpaired) electrons. The first kappa shape index (κ1) is 18.8. The molecule has 2 aromatic carbocycles. The van der Waals surface area contributed by atoms with Crippen molar-refractivity contribution in [1.29, 1.82) is 0 Å². The summed E-state index contributed by atoms with van der Waals surface area (Å²) >= 11 is 0. The van der Waals surface area contributed by atoms with Crippen LogP contribution >= 0.6 is 0 Å².